The van der Waals surface area contributed by atoms with Crippen molar-refractivity contribution in [2.24, 2.45) is 0 Å². The van der Waals surface area contributed by atoms with Gasteiger partial charge in [0.25, 0.3) is 0 Å². The highest BCUT2D eigenvalue weighted by Gasteiger charge is 2.26. The average Bonchev–Trinajstić information content (AvgIpc) is 3.80. The highest BCUT2D eigenvalue weighted by Crippen LogP contribution is 2.45. The summed E-state index contributed by atoms with van der Waals surface area (Å²) in [5, 5.41) is 9.63. The molecule has 1 aliphatic carbocycles. The largest absolute Gasteiger partial charge is 0.307 e. The summed E-state index contributed by atoms with van der Waals surface area (Å²) in [5.41, 5.74) is 10.1. The van der Waals surface area contributed by atoms with Gasteiger partial charge in [0, 0.05) is 38.4 Å². The van der Waals surface area contributed by atoms with Gasteiger partial charge in [-0.2, -0.15) is 9.97 Å². The van der Waals surface area contributed by atoms with Crippen molar-refractivity contribution in [3.63, 3.8) is 0 Å². The second kappa shape index (κ2) is 12.1. The highest BCUT2D eigenvalue weighted by atomic mass is 15.2. The predicted molar refractivity (Wildman–Crippen MR) is 232 cm³/mol. The fraction of sp³-hybridized carbons (Fsp3) is 0.0392. The summed E-state index contributed by atoms with van der Waals surface area (Å²) < 4.78 is 4.79. The van der Waals surface area contributed by atoms with Crippen LogP contribution in [0.3, 0.4) is 0 Å². The molecule has 3 aromatic heterocycles. The van der Waals surface area contributed by atoms with E-state index in [9.17, 15) is 0 Å². The molecule has 3 heterocycles. The van der Waals surface area contributed by atoms with Gasteiger partial charge >= 0.3 is 0 Å². The first-order valence-electron chi connectivity index (χ1n) is 19.3. The maximum Gasteiger partial charge on any atom is 0.238 e. The quantitative estimate of drug-likeness (QED) is 0.182. The summed E-state index contributed by atoms with van der Waals surface area (Å²) in [6.07, 6.45) is 6.75. The van der Waals surface area contributed by atoms with E-state index < -0.39 is 0 Å². The molecule has 0 atom stereocenters. The van der Waals surface area contributed by atoms with Crippen LogP contribution in [0.4, 0.5) is 0 Å². The molecule has 5 nitrogen and oxygen atoms in total. The fourth-order valence-electron chi connectivity index (χ4n) is 9.06. The monoisotopic (exact) mass is 715 g/mol. The Morgan fingerprint density at radius 1 is 0.446 bits per heavy atom. The third kappa shape index (κ3) is 4.58. The van der Waals surface area contributed by atoms with E-state index in [1.807, 2.05) is 36.4 Å². The Bertz CT molecular complexity index is 3350. The van der Waals surface area contributed by atoms with Crippen LogP contribution in [0.2, 0.25) is 0 Å². The molecule has 0 unspecified atom stereocenters. The SMILES string of the molecule is C1=Cc2c(ccc3c2c2ccc4c5c6ccccc6ccc5n(-c5nc(-c6ccccc6)nc(-c6ccccc6)n5)c4c2n3-c2ccc3ccccc3c2)CC1. The molecule has 0 N–H and O–H groups in total. The van der Waals surface area contributed by atoms with Gasteiger partial charge in [-0.1, -0.05) is 152 Å². The van der Waals surface area contributed by atoms with E-state index in [1.165, 1.54) is 54.3 Å². The Morgan fingerprint density at radius 3 is 1.82 bits per heavy atom. The standard InChI is InChI=1S/C51H33N5/c1-3-16-35(17-4-1)49-52-50(36-18-5-2-6-19-36)54-51(53-49)56-44-30-25-34-15-10-12-22-40(34)46(44)42-28-27-41-45-39-21-11-9-14-33(39)24-29-43(45)55(47(41)48(42)56)38-26-23-32-13-7-8-20-37(32)31-38/h1-8,10-13,15-31H,9,14H2. The number of fused-ring (bicyclic) bond motifs is 12. The first-order chi connectivity index (χ1) is 27.8. The van der Waals surface area contributed by atoms with Crippen molar-refractivity contribution in [3.8, 4) is 34.4 Å². The van der Waals surface area contributed by atoms with Crippen molar-refractivity contribution in [3.05, 3.63) is 181 Å². The Morgan fingerprint density at radius 2 is 1.05 bits per heavy atom. The summed E-state index contributed by atoms with van der Waals surface area (Å²) in [5.74, 6) is 1.84. The average molecular weight is 716 g/mol. The zero-order chi connectivity index (χ0) is 36.7. The summed E-state index contributed by atoms with van der Waals surface area (Å²) in [6, 6.07) is 58.4. The molecule has 0 aliphatic heterocycles. The van der Waals surface area contributed by atoms with Gasteiger partial charge in [0.1, 0.15) is 0 Å². The van der Waals surface area contributed by atoms with Crippen LogP contribution >= 0.6 is 0 Å². The van der Waals surface area contributed by atoms with Crippen LogP contribution < -0.4 is 0 Å². The van der Waals surface area contributed by atoms with Gasteiger partial charge in [0.2, 0.25) is 5.95 Å². The Hall–Kier alpha value is -7.37. The van der Waals surface area contributed by atoms with Crippen LogP contribution in [-0.4, -0.2) is 24.1 Å². The smallest absolute Gasteiger partial charge is 0.238 e. The van der Waals surface area contributed by atoms with E-state index in [1.54, 1.807) is 0 Å². The topological polar surface area (TPSA) is 48.5 Å². The van der Waals surface area contributed by atoms with E-state index in [2.05, 4.69) is 149 Å². The van der Waals surface area contributed by atoms with Gasteiger partial charge in [-0.3, -0.25) is 4.57 Å². The van der Waals surface area contributed by atoms with Crippen LogP contribution in [0.5, 0.6) is 0 Å². The van der Waals surface area contributed by atoms with Gasteiger partial charge in [0.15, 0.2) is 11.6 Å². The van der Waals surface area contributed by atoms with Crippen LogP contribution in [0.25, 0.3) is 106 Å². The minimum Gasteiger partial charge on any atom is -0.307 e. The second-order valence-electron chi connectivity index (χ2n) is 14.7. The third-order valence-corrected chi connectivity index (χ3v) is 11.6. The van der Waals surface area contributed by atoms with Gasteiger partial charge in [-0.15, -0.1) is 0 Å². The summed E-state index contributed by atoms with van der Waals surface area (Å²) in [7, 11) is 0. The second-order valence-corrected chi connectivity index (χ2v) is 14.7. The highest BCUT2D eigenvalue weighted by molar-refractivity contribution is 6.29. The maximum absolute atomic E-state index is 5.35. The van der Waals surface area contributed by atoms with Crippen molar-refractivity contribution < 1.29 is 0 Å². The zero-order valence-corrected chi connectivity index (χ0v) is 30.4. The fourth-order valence-corrected chi connectivity index (χ4v) is 9.06. The molecule has 262 valence electrons. The summed E-state index contributed by atoms with van der Waals surface area (Å²) in [4.78, 5) is 15.8. The Labute approximate surface area is 322 Å². The summed E-state index contributed by atoms with van der Waals surface area (Å²) >= 11 is 0. The zero-order valence-electron chi connectivity index (χ0n) is 30.4. The molecule has 0 spiro atoms. The van der Waals surface area contributed by atoms with E-state index in [4.69, 9.17) is 15.0 Å². The molecule has 1 aliphatic rings. The number of nitrogens with zero attached hydrogens (tertiary/aromatic N) is 5. The number of aryl methyl sites for hydroxylation is 1. The Balaban J connectivity index is 1.31. The van der Waals surface area contributed by atoms with Crippen LogP contribution in [0.15, 0.2) is 170 Å². The third-order valence-electron chi connectivity index (χ3n) is 11.6. The molecule has 0 amide bonds. The molecule has 8 aromatic carbocycles. The number of allylic oxidation sites excluding steroid dienone is 1. The van der Waals surface area contributed by atoms with Gasteiger partial charge < -0.3 is 4.57 Å². The molecule has 0 saturated heterocycles. The molecule has 0 radical (unpaired) electrons. The van der Waals surface area contributed by atoms with Crippen molar-refractivity contribution in [1.29, 1.82) is 0 Å². The number of rotatable bonds is 4. The van der Waals surface area contributed by atoms with Crippen LogP contribution in [-0.2, 0) is 6.42 Å². The lowest BCUT2D eigenvalue weighted by Crippen LogP contribution is -2.07. The lowest BCUT2D eigenvalue weighted by Gasteiger charge is -2.14. The molecule has 0 fully saturated rings. The van der Waals surface area contributed by atoms with E-state index in [0.717, 1.165) is 51.6 Å². The number of hydrogen-bond acceptors (Lipinski definition) is 3. The normalized spacial score (nSPS) is 12.8. The molecule has 0 bridgehead atoms. The predicted octanol–water partition coefficient (Wildman–Crippen LogP) is 12.7. The number of benzene rings is 8. The van der Waals surface area contributed by atoms with Crippen molar-refractivity contribution in [2.75, 3.05) is 0 Å². The van der Waals surface area contributed by atoms with Crippen LogP contribution in [0, 0.1) is 0 Å². The minimum atomic E-state index is 0.581. The number of aromatic nitrogens is 5. The van der Waals surface area contributed by atoms with Crippen molar-refractivity contribution in [2.45, 2.75) is 12.8 Å². The minimum absolute atomic E-state index is 0.581. The van der Waals surface area contributed by atoms with E-state index in [0.29, 0.717) is 17.6 Å². The maximum atomic E-state index is 5.35. The molecule has 11 aromatic rings. The van der Waals surface area contributed by atoms with E-state index >= 15 is 0 Å². The van der Waals surface area contributed by atoms with Crippen molar-refractivity contribution in [1.82, 2.24) is 24.1 Å². The lowest BCUT2D eigenvalue weighted by atomic mass is 9.93. The van der Waals surface area contributed by atoms with Gasteiger partial charge in [0.05, 0.1) is 22.1 Å². The first-order valence-corrected chi connectivity index (χ1v) is 19.3. The molecule has 0 saturated carbocycles. The first kappa shape index (κ1) is 31.0. The molecule has 5 heteroatoms. The summed E-state index contributed by atoms with van der Waals surface area (Å²) in [6.45, 7) is 0. The molecule has 56 heavy (non-hydrogen) atoms. The van der Waals surface area contributed by atoms with E-state index in [-0.39, 0.29) is 0 Å². The van der Waals surface area contributed by atoms with Crippen molar-refractivity contribution >= 4 is 71.2 Å². The number of hydrogen-bond donors (Lipinski definition) is 0. The lowest BCUT2D eigenvalue weighted by molar-refractivity contribution is 0.953. The molecular formula is C51H33N5. The van der Waals surface area contributed by atoms with Gasteiger partial charge in [-0.25, -0.2) is 4.98 Å². The van der Waals surface area contributed by atoms with Crippen LogP contribution in [0.1, 0.15) is 17.5 Å². The van der Waals surface area contributed by atoms with Gasteiger partial charge in [-0.05, 0) is 69.8 Å². The Kier molecular flexibility index (Phi) is 6.69. The molecular weight excluding hydrogens is 683 g/mol. The molecule has 12 rings (SSSR count).